The van der Waals surface area contributed by atoms with Gasteiger partial charge in [0.05, 0.1) is 19.9 Å². The standard InChI is InChI=1S/C21H24N6O3/c1-25-6-8-26(9-7-25)21(28)17-10-16(11-18(12-17)27-14-22-23-24-27)15-4-5-19(29-2)20(13-15)30-3/h4-5,10-14H,6-9H2,1-3H3. The van der Waals surface area contributed by atoms with Crippen molar-refractivity contribution in [2.75, 3.05) is 47.4 Å². The second-order valence-electron chi connectivity index (χ2n) is 7.19. The number of tetrazole rings is 1. The zero-order valence-electron chi connectivity index (χ0n) is 17.3. The monoisotopic (exact) mass is 408 g/mol. The van der Waals surface area contributed by atoms with Crippen molar-refractivity contribution in [2.45, 2.75) is 0 Å². The van der Waals surface area contributed by atoms with Gasteiger partial charge in [-0.1, -0.05) is 6.07 Å². The summed E-state index contributed by atoms with van der Waals surface area (Å²) >= 11 is 0. The van der Waals surface area contributed by atoms with Crippen LogP contribution in [0.25, 0.3) is 16.8 Å². The van der Waals surface area contributed by atoms with Gasteiger partial charge in [0.1, 0.15) is 6.33 Å². The summed E-state index contributed by atoms with van der Waals surface area (Å²) in [6, 6.07) is 11.3. The van der Waals surface area contributed by atoms with E-state index in [2.05, 4.69) is 27.5 Å². The number of likely N-dealkylation sites (N-methyl/N-ethyl adjacent to an activating group) is 1. The molecule has 0 unspecified atom stereocenters. The van der Waals surface area contributed by atoms with E-state index in [1.807, 2.05) is 41.3 Å². The van der Waals surface area contributed by atoms with E-state index < -0.39 is 0 Å². The Balaban J connectivity index is 1.76. The van der Waals surface area contributed by atoms with Crippen molar-refractivity contribution in [1.29, 1.82) is 0 Å². The highest BCUT2D eigenvalue weighted by Crippen LogP contribution is 2.33. The minimum Gasteiger partial charge on any atom is -0.493 e. The topological polar surface area (TPSA) is 85.6 Å². The predicted molar refractivity (Wildman–Crippen MR) is 111 cm³/mol. The summed E-state index contributed by atoms with van der Waals surface area (Å²) in [4.78, 5) is 17.3. The highest BCUT2D eigenvalue weighted by atomic mass is 16.5. The van der Waals surface area contributed by atoms with Gasteiger partial charge in [-0.05, 0) is 58.9 Å². The van der Waals surface area contributed by atoms with Gasteiger partial charge in [0.2, 0.25) is 0 Å². The molecule has 1 amide bonds. The molecule has 1 aromatic heterocycles. The lowest BCUT2D eigenvalue weighted by Gasteiger charge is -2.32. The molecule has 9 nitrogen and oxygen atoms in total. The Labute approximate surface area is 174 Å². The molecular formula is C21H24N6O3. The lowest BCUT2D eigenvalue weighted by Crippen LogP contribution is -2.47. The van der Waals surface area contributed by atoms with Crippen LogP contribution in [0, 0.1) is 0 Å². The minimum absolute atomic E-state index is 0.000230. The number of amides is 1. The molecule has 0 spiro atoms. The van der Waals surface area contributed by atoms with Crippen molar-refractivity contribution >= 4 is 5.91 Å². The fraction of sp³-hybridized carbons (Fsp3) is 0.333. The van der Waals surface area contributed by atoms with E-state index in [1.165, 1.54) is 6.33 Å². The van der Waals surface area contributed by atoms with Crippen LogP contribution >= 0.6 is 0 Å². The second kappa shape index (κ2) is 8.50. The van der Waals surface area contributed by atoms with E-state index in [0.29, 0.717) is 35.8 Å². The molecular weight excluding hydrogens is 384 g/mol. The third-order valence-corrected chi connectivity index (χ3v) is 5.29. The lowest BCUT2D eigenvalue weighted by molar-refractivity contribution is 0.0664. The summed E-state index contributed by atoms with van der Waals surface area (Å²) in [6.07, 6.45) is 1.51. The first kappa shape index (κ1) is 19.8. The van der Waals surface area contributed by atoms with Crippen LogP contribution in [0.3, 0.4) is 0 Å². The summed E-state index contributed by atoms with van der Waals surface area (Å²) in [6.45, 7) is 3.13. The Morgan fingerprint density at radius 2 is 1.70 bits per heavy atom. The molecule has 0 saturated carbocycles. The lowest BCUT2D eigenvalue weighted by atomic mass is 10.0. The quantitative estimate of drug-likeness (QED) is 0.636. The van der Waals surface area contributed by atoms with Crippen molar-refractivity contribution < 1.29 is 14.3 Å². The number of hydrogen-bond donors (Lipinski definition) is 0. The number of carbonyl (C=O) groups excluding carboxylic acids is 1. The van der Waals surface area contributed by atoms with Gasteiger partial charge in [-0.3, -0.25) is 4.79 Å². The molecule has 1 saturated heterocycles. The van der Waals surface area contributed by atoms with Crippen molar-refractivity contribution in [3.63, 3.8) is 0 Å². The molecule has 3 aromatic rings. The maximum Gasteiger partial charge on any atom is 0.254 e. The third kappa shape index (κ3) is 3.97. The molecule has 1 aliphatic rings. The Kier molecular flexibility index (Phi) is 5.62. The Morgan fingerprint density at radius 1 is 0.933 bits per heavy atom. The number of rotatable bonds is 5. The number of benzene rings is 2. The smallest absolute Gasteiger partial charge is 0.254 e. The highest BCUT2D eigenvalue weighted by molar-refractivity contribution is 5.96. The number of methoxy groups -OCH3 is 2. The van der Waals surface area contributed by atoms with Crippen molar-refractivity contribution in [3.05, 3.63) is 48.3 Å². The van der Waals surface area contributed by atoms with Crippen LogP contribution in [-0.4, -0.2) is 83.4 Å². The van der Waals surface area contributed by atoms with E-state index in [1.54, 1.807) is 18.9 Å². The zero-order valence-corrected chi connectivity index (χ0v) is 17.3. The molecule has 0 bridgehead atoms. The Bertz CT molecular complexity index is 1030. The summed E-state index contributed by atoms with van der Waals surface area (Å²) in [5.74, 6) is 1.26. The molecule has 9 heteroatoms. The van der Waals surface area contributed by atoms with Crippen LogP contribution in [0.4, 0.5) is 0 Å². The summed E-state index contributed by atoms with van der Waals surface area (Å²) in [7, 11) is 5.26. The van der Waals surface area contributed by atoms with Crippen LogP contribution in [0.2, 0.25) is 0 Å². The second-order valence-corrected chi connectivity index (χ2v) is 7.19. The molecule has 0 N–H and O–H groups in total. The van der Waals surface area contributed by atoms with Crippen molar-refractivity contribution in [2.24, 2.45) is 0 Å². The molecule has 1 fully saturated rings. The van der Waals surface area contributed by atoms with Crippen LogP contribution < -0.4 is 9.47 Å². The average molecular weight is 408 g/mol. The normalized spacial score (nSPS) is 14.6. The molecule has 30 heavy (non-hydrogen) atoms. The molecule has 2 aromatic carbocycles. The number of nitrogens with zero attached hydrogens (tertiary/aromatic N) is 6. The fourth-order valence-corrected chi connectivity index (χ4v) is 3.52. The summed E-state index contributed by atoms with van der Waals surface area (Å²) < 4.78 is 12.3. The van der Waals surface area contributed by atoms with Gasteiger partial charge in [0, 0.05) is 31.7 Å². The molecule has 156 valence electrons. The maximum atomic E-state index is 13.2. The average Bonchev–Trinajstić information content (AvgIpc) is 3.33. The van der Waals surface area contributed by atoms with E-state index in [4.69, 9.17) is 9.47 Å². The first-order chi connectivity index (χ1) is 14.6. The molecule has 0 atom stereocenters. The highest BCUT2D eigenvalue weighted by Gasteiger charge is 2.22. The third-order valence-electron chi connectivity index (χ3n) is 5.29. The summed E-state index contributed by atoms with van der Waals surface area (Å²) in [5, 5.41) is 11.4. The summed E-state index contributed by atoms with van der Waals surface area (Å²) in [5.41, 5.74) is 3.07. The number of piperazine rings is 1. The fourth-order valence-electron chi connectivity index (χ4n) is 3.52. The number of ether oxygens (including phenoxy) is 2. The van der Waals surface area contributed by atoms with Gasteiger partial charge in [0.15, 0.2) is 11.5 Å². The number of carbonyl (C=O) groups is 1. The number of aromatic nitrogens is 4. The SMILES string of the molecule is COc1ccc(-c2cc(C(=O)N3CCN(C)CC3)cc(-n3cnnn3)c2)cc1OC. The van der Waals surface area contributed by atoms with Crippen LogP contribution in [0.15, 0.2) is 42.7 Å². The van der Waals surface area contributed by atoms with E-state index in [0.717, 1.165) is 24.2 Å². The van der Waals surface area contributed by atoms with E-state index in [9.17, 15) is 4.79 Å². The van der Waals surface area contributed by atoms with Crippen molar-refractivity contribution in [1.82, 2.24) is 30.0 Å². The van der Waals surface area contributed by atoms with Gasteiger partial charge in [0.25, 0.3) is 5.91 Å². The van der Waals surface area contributed by atoms with Crippen molar-refractivity contribution in [3.8, 4) is 28.3 Å². The van der Waals surface area contributed by atoms with E-state index >= 15 is 0 Å². The minimum atomic E-state index is -0.000230. The predicted octanol–water partition coefficient (Wildman–Crippen LogP) is 1.73. The first-order valence-corrected chi connectivity index (χ1v) is 9.67. The van der Waals surface area contributed by atoms with Gasteiger partial charge in [-0.2, -0.15) is 0 Å². The van der Waals surface area contributed by atoms with Crippen LogP contribution in [0.1, 0.15) is 10.4 Å². The van der Waals surface area contributed by atoms with Gasteiger partial charge >= 0.3 is 0 Å². The zero-order chi connectivity index (χ0) is 21.1. The molecule has 4 rings (SSSR count). The van der Waals surface area contributed by atoms with Gasteiger partial charge < -0.3 is 19.3 Å². The molecule has 0 aliphatic carbocycles. The Morgan fingerprint density at radius 3 is 2.37 bits per heavy atom. The number of hydrogen-bond acceptors (Lipinski definition) is 7. The first-order valence-electron chi connectivity index (χ1n) is 9.67. The van der Waals surface area contributed by atoms with E-state index in [-0.39, 0.29) is 5.91 Å². The van der Waals surface area contributed by atoms with Gasteiger partial charge in [-0.25, -0.2) is 4.68 Å². The molecule has 1 aliphatic heterocycles. The molecule has 2 heterocycles. The largest absolute Gasteiger partial charge is 0.493 e. The molecule has 0 radical (unpaired) electrons. The Hall–Kier alpha value is -3.46. The van der Waals surface area contributed by atoms with Crippen LogP contribution in [-0.2, 0) is 0 Å². The van der Waals surface area contributed by atoms with Gasteiger partial charge in [-0.15, -0.1) is 5.10 Å². The maximum absolute atomic E-state index is 13.2. The van der Waals surface area contributed by atoms with Crippen LogP contribution in [0.5, 0.6) is 11.5 Å².